The summed E-state index contributed by atoms with van der Waals surface area (Å²) < 4.78 is 7.32. The van der Waals surface area contributed by atoms with Gasteiger partial charge in [-0.25, -0.2) is 4.98 Å². The molecule has 2 aliphatic heterocycles. The number of fused-ring (bicyclic) bond motifs is 2. The van der Waals surface area contributed by atoms with Crippen molar-refractivity contribution in [1.82, 2.24) is 14.5 Å². The van der Waals surface area contributed by atoms with Gasteiger partial charge in [0.2, 0.25) is 0 Å². The van der Waals surface area contributed by atoms with Gasteiger partial charge in [0.1, 0.15) is 11.0 Å². The van der Waals surface area contributed by atoms with E-state index in [4.69, 9.17) is 4.74 Å². The Morgan fingerprint density at radius 3 is 2.65 bits per heavy atom. The molecule has 0 unspecified atom stereocenters. The minimum absolute atomic E-state index is 0.208. The van der Waals surface area contributed by atoms with Crippen LogP contribution in [0.5, 0.6) is 0 Å². The van der Waals surface area contributed by atoms with E-state index in [9.17, 15) is 9.59 Å². The van der Waals surface area contributed by atoms with Crippen LogP contribution in [-0.4, -0.2) is 47.0 Å². The smallest absolute Gasteiger partial charge is 0.317 e. The number of methoxy groups -OCH3 is 1. The lowest BCUT2D eigenvalue weighted by Crippen LogP contribution is -2.60. The first-order valence-electron chi connectivity index (χ1n) is 10.3. The highest BCUT2D eigenvalue weighted by atomic mass is 16.5. The third-order valence-corrected chi connectivity index (χ3v) is 6.91. The topological polar surface area (TPSA) is 76.5 Å². The lowest BCUT2D eigenvalue weighted by Gasteiger charge is -2.44. The minimum atomic E-state index is -1.22. The van der Waals surface area contributed by atoms with Gasteiger partial charge in [-0.05, 0) is 18.7 Å². The second-order valence-corrected chi connectivity index (χ2v) is 8.25. The Labute approximate surface area is 180 Å². The highest BCUT2D eigenvalue weighted by Crippen LogP contribution is 2.63. The van der Waals surface area contributed by atoms with Crippen LogP contribution >= 0.6 is 0 Å². The zero-order valence-electron chi connectivity index (χ0n) is 17.5. The Bertz CT molecular complexity index is 1130. The van der Waals surface area contributed by atoms with E-state index in [-0.39, 0.29) is 18.4 Å². The molecule has 3 heterocycles. The number of amides is 1. The van der Waals surface area contributed by atoms with Crippen LogP contribution in [0.3, 0.4) is 0 Å². The molecule has 1 amide bonds. The summed E-state index contributed by atoms with van der Waals surface area (Å²) in [5, 5.41) is 3.03. The fourth-order valence-electron chi connectivity index (χ4n) is 5.73. The molecule has 31 heavy (non-hydrogen) atoms. The van der Waals surface area contributed by atoms with Crippen LogP contribution in [0.1, 0.15) is 17.0 Å². The number of aromatic nitrogens is 2. The van der Waals surface area contributed by atoms with Crippen molar-refractivity contribution in [2.45, 2.75) is 18.0 Å². The minimum Gasteiger partial charge on any atom is -0.468 e. The Hall–Kier alpha value is -3.45. The number of nitrogens with zero attached hydrogens (tertiary/aromatic N) is 3. The Morgan fingerprint density at radius 1 is 1.19 bits per heavy atom. The van der Waals surface area contributed by atoms with Gasteiger partial charge < -0.3 is 14.6 Å². The number of likely N-dealkylation sites (N-methyl/N-ethyl adjacent to an activating group) is 1. The number of imidazole rings is 1. The van der Waals surface area contributed by atoms with Gasteiger partial charge >= 0.3 is 5.97 Å². The molecule has 1 fully saturated rings. The van der Waals surface area contributed by atoms with Crippen LogP contribution < -0.4 is 5.32 Å². The number of para-hydroxylation sites is 1. The molecule has 0 bridgehead atoms. The third-order valence-electron chi connectivity index (χ3n) is 6.91. The van der Waals surface area contributed by atoms with Gasteiger partial charge in [0.15, 0.2) is 0 Å². The molecule has 5 rings (SSSR count). The van der Waals surface area contributed by atoms with Crippen molar-refractivity contribution >= 4 is 17.6 Å². The predicted octanol–water partition coefficient (Wildman–Crippen LogP) is 2.62. The molecule has 1 N–H and O–H groups in total. The summed E-state index contributed by atoms with van der Waals surface area (Å²) in [6, 6.07) is 17.5. The van der Waals surface area contributed by atoms with E-state index in [0.29, 0.717) is 6.54 Å². The number of anilines is 1. The fourth-order valence-corrected chi connectivity index (χ4v) is 5.73. The summed E-state index contributed by atoms with van der Waals surface area (Å²) in [7, 11) is 3.31. The zero-order valence-corrected chi connectivity index (χ0v) is 17.5. The molecule has 7 nitrogen and oxygen atoms in total. The van der Waals surface area contributed by atoms with Gasteiger partial charge in [-0.2, -0.15) is 0 Å². The second-order valence-electron chi connectivity index (χ2n) is 8.25. The Balaban J connectivity index is 1.84. The molecule has 0 radical (unpaired) electrons. The predicted molar refractivity (Wildman–Crippen MR) is 115 cm³/mol. The standard InChI is InChI=1S/C24H24N4O3/c1-27-14-19(17-8-4-3-5-9-17)23(22(30)31-2,15-28-13-12-25-16-28)24(27)18-10-6-7-11-20(18)26-21(24)29/h3-13,16,19H,14-15H2,1-2H3,(H,26,29)/t19-,23+,24+/m0/s1. The Morgan fingerprint density at radius 2 is 1.94 bits per heavy atom. The molecule has 7 heteroatoms. The zero-order chi connectivity index (χ0) is 21.6. The summed E-state index contributed by atoms with van der Waals surface area (Å²) >= 11 is 0. The average molecular weight is 416 g/mol. The van der Waals surface area contributed by atoms with Crippen LogP contribution in [0.25, 0.3) is 0 Å². The second kappa shape index (κ2) is 7.06. The molecular formula is C24H24N4O3. The quantitative estimate of drug-likeness (QED) is 0.662. The van der Waals surface area contributed by atoms with Crippen molar-refractivity contribution in [2.24, 2.45) is 5.41 Å². The van der Waals surface area contributed by atoms with Crippen molar-refractivity contribution < 1.29 is 14.3 Å². The molecule has 2 aromatic carbocycles. The van der Waals surface area contributed by atoms with E-state index in [0.717, 1.165) is 16.8 Å². The largest absolute Gasteiger partial charge is 0.468 e. The summed E-state index contributed by atoms with van der Waals surface area (Å²) in [5.41, 5.74) is 0.0869. The van der Waals surface area contributed by atoms with E-state index in [2.05, 4.69) is 10.3 Å². The number of likely N-dealkylation sites (tertiary alicyclic amines) is 1. The van der Waals surface area contributed by atoms with E-state index < -0.39 is 16.9 Å². The third kappa shape index (κ3) is 2.47. The molecule has 2 aliphatic rings. The van der Waals surface area contributed by atoms with Gasteiger partial charge in [0, 0.05) is 42.7 Å². The normalized spacial score (nSPS) is 27.3. The van der Waals surface area contributed by atoms with Crippen LogP contribution in [0.15, 0.2) is 73.3 Å². The van der Waals surface area contributed by atoms with Crippen molar-refractivity contribution in [2.75, 3.05) is 26.0 Å². The number of ether oxygens (including phenoxy) is 1. The lowest BCUT2D eigenvalue weighted by atomic mass is 9.60. The summed E-state index contributed by atoms with van der Waals surface area (Å²) in [4.78, 5) is 33.9. The Kier molecular flexibility index (Phi) is 4.44. The van der Waals surface area contributed by atoms with Crippen LogP contribution in [-0.2, 0) is 26.4 Å². The number of carbonyl (C=O) groups excluding carboxylic acids is 2. The summed E-state index contributed by atoms with van der Waals surface area (Å²) in [5.74, 6) is -0.892. The number of hydrogen-bond acceptors (Lipinski definition) is 5. The molecule has 3 atom stereocenters. The molecule has 1 saturated heterocycles. The number of esters is 1. The van der Waals surface area contributed by atoms with Crippen LogP contribution in [0.4, 0.5) is 5.69 Å². The first kappa shape index (κ1) is 19.5. The van der Waals surface area contributed by atoms with Gasteiger partial charge in [0.25, 0.3) is 5.91 Å². The number of carbonyl (C=O) groups is 2. The molecule has 1 aromatic heterocycles. The van der Waals surface area contributed by atoms with Gasteiger partial charge in [-0.3, -0.25) is 14.5 Å². The number of nitrogens with one attached hydrogen (secondary N) is 1. The van der Waals surface area contributed by atoms with E-state index in [1.807, 2.05) is 77.3 Å². The SMILES string of the molecule is COC(=O)[C@@]1(Cn2ccnc2)[C@H](c2ccccc2)CN(C)[C@]12C(=O)Nc1ccccc12. The van der Waals surface area contributed by atoms with Crippen molar-refractivity contribution in [3.63, 3.8) is 0 Å². The molecule has 0 aliphatic carbocycles. The number of benzene rings is 2. The first-order chi connectivity index (χ1) is 15.1. The maximum Gasteiger partial charge on any atom is 0.317 e. The highest BCUT2D eigenvalue weighted by molar-refractivity contribution is 6.10. The van der Waals surface area contributed by atoms with E-state index in [1.54, 1.807) is 12.5 Å². The molecular weight excluding hydrogens is 392 g/mol. The van der Waals surface area contributed by atoms with Crippen molar-refractivity contribution in [1.29, 1.82) is 0 Å². The van der Waals surface area contributed by atoms with E-state index in [1.165, 1.54) is 7.11 Å². The maximum absolute atomic E-state index is 13.8. The maximum atomic E-state index is 13.8. The number of hydrogen-bond donors (Lipinski definition) is 1. The molecule has 1 spiro atoms. The summed E-state index contributed by atoms with van der Waals surface area (Å²) in [6.45, 7) is 0.779. The molecule has 3 aromatic rings. The first-order valence-corrected chi connectivity index (χ1v) is 10.3. The van der Waals surface area contributed by atoms with Gasteiger partial charge in [-0.15, -0.1) is 0 Å². The van der Waals surface area contributed by atoms with Crippen molar-refractivity contribution in [3.8, 4) is 0 Å². The fraction of sp³-hybridized carbons (Fsp3) is 0.292. The number of rotatable bonds is 4. The van der Waals surface area contributed by atoms with Crippen LogP contribution in [0.2, 0.25) is 0 Å². The highest BCUT2D eigenvalue weighted by Gasteiger charge is 2.74. The molecule has 0 saturated carbocycles. The van der Waals surface area contributed by atoms with E-state index >= 15 is 0 Å². The lowest BCUT2D eigenvalue weighted by molar-refractivity contribution is -0.165. The van der Waals surface area contributed by atoms with Gasteiger partial charge in [-0.1, -0.05) is 48.5 Å². The van der Waals surface area contributed by atoms with Gasteiger partial charge in [0.05, 0.1) is 13.4 Å². The average Bonchev–Trinajstić information content (AvgIpc) is 3.47. The van der Waals surface area contributed by atoms with Crippen LogP contribution in [0, 0.1) is 5.41 Å². The summed E-state index contributed by atoms with van der Waals surface area (Å²) in [6.07, 6.45) is 5.17. The monoisotopic (exact) mass is 416 g/mol. The van der Waals surface area contributed by atoms with Crippen molar-refractivity contribution in [3.05, 3.63) is 84.4 Å². The molecule has 158 valence electrons.